The van der Waals surface area contributed by atoms with E-state index in [1.54, 1.807) is 19.2 Å². The zero-order valence-corrected chi connectivity index (χ0v) is 13.3. The van der Waals surface area contributed by atoms with Crippen LogP contribution in [0.15, 0.2) is 24.3 Å². The van der Waals surface area contributed by atoms with Gasteiger partial charge in [-0.3, -0.25) is 4.79 Å². The Morgan fingerprint density at radius 1 is 1.36 bits per heavy atom. The van der Waals surface area contributed by atoms with Crippen LogP contribution in [0.2, 0.25) is 0 Å². The molecule has 5 nitrogen and oxygen atoms in total. The summed E-state index contributed by atoms with van der Waals surface area (Å²) >= 11 is 1.40. The maximum Gasteiger partial charge on any atom is 0.240 e. The Hall–Kier alpha value is -1.83. The second-order valence-electron chi connectivity index (χ2n) is 4.65. The van der Waals surface area contributed by atoms with Gasteiger partial charge in [0.25, 0.3) is 0 Å². The predicted octanol–water partition coefficient (Wildman–Crippen LogP) is 2.43. The maximum atomic E-state index is 13.0. The molecule has 0 unspecified atom stereocenters. The van der Waals surface area contributed by atoms with Crippen LogP contribution < -0.4 is 10.6 Å². The minimum atomic E-state index is -0.285. The van der Waals surface area contributed by atoms with Gasteiger partial charge in [-0.15, -0.1) is 11.3 Å². The smallest absolute Gasteiger partial charge is 0.240 e. The van der Waals surface area contributed by atoms with E-state index < -0.39 is 0 Å². The van der Waals surface area contributed by atoms with Crippen LogP contribution in [0.3, 0.4) is 0 Å². The average Bonchev–Trinajstić information content (AvgIpc) is 2.85. The topological polar surface area (TPSA) is 63.2 Å². The molecule has 2 aromatic rings. The number of hydrogen-bond acceptors (Lipinski definition) is 5. The molecule has 22 heavy (non-hydrogen) atoms. The number of thiazole rings is 1. The fourth-order valence-corrected chi connectivity index (χ4v) is 2.72. The third-order valence-electron chi connectivity index (χ3n) is 2.93. The number of methoxy groups -OCH3 is 1. The van der Waals surface area contributed by atoms with Crippen LogP contribution in [0.25, 0.3) is 11.3 Å². The molecule has 0 atom stereocenters. The molecular formula is C15H18FN3O2S. The summed E-state index contributed by atoms with van der Waals surface area (Å²) in [6.45, 7) is 3.29. The lowest BCUT2D eigenvalue weighted by Crippen LogP contribution is -2.30. The SMILES string of the molecule is COCCNCC(=O)Nc1nc(-c2ccc(F)cc2)c(C)s1. The molecule has 7 heteroatoms. The molecule has 0 radical (unpaired) electrons. The van der Waals surface area contributed by atoms with E-state index >= 15 is 0 Å². The number of rotatable bonds is 7. The van der Waals surface area contributed by atoms with Crippen molar-refractivity contribution in [2.75, 3.05) is 32.1 Å². The number of ether oxygens (including phenoxy) is 1. The van der Waals surface area contributed by atoms with Gasteiger partial charge in [0.1, 0.15) is 5.82 Å². The minimum Gasteiger partial charge on any atom is -0.383 e. The number of aryl methyl sites for hydroxylation is 1. The number of aromatic nitrogens is 1. The Morgan fingerprint density at radius 3 is 2.77 bits per heavy atom. The molecule has 0 aliphatic rings. The predicted molar refractivity (Wildman–Crippen MR) is 85.6 cm³/mol. The van der Waals surface area contributed by atoms with E-state index in [9.17, 15) is 9.18 Å². The van der Waals surface area contributed by atoms with Gasteiger partial charge in [-0.25, -0.2) is 9.37 Å². The lowest BCUT2D eigenvalue weighted by Gasteiger charge is -2.03. The molecule has 2 N–H and O–H groups in total. The van der Waals surface area contributed by atoms with Crippen LogP contribution in [0.5, 0.6) is 0 Å². The fraction of sp³-hybridized carbons (Fsp3) is 0.333. The van der Waals surface area contributed by atoms with E-state index in [-0.39, 0.29) is 18.3 Å². The summed E-state index contributed by atoms with van der Waals surface area (Å²) in [4.78, 5) is 17.2. The van der Waals surface area contributed by atoms with Gasteiger partial charge < -0.3 is 15.4 Å². The van der Waals surface area contributed by atoms with Crippen LogP contribution in [0.4, 0.5) is 9.52 Å². The third-order valence-corrected chi connectivity index (χ3v) is 3.82. The Morgan fingerprint density at radius 2 is 2.09 bits per heavy atom. The zero-order chi connectivity index (χ0) is 15.9. The van der Waals surface area contributed by atoms with Crippen molar-refractivity contribution in [1.82, 2.24) is 10.3 Å². The highest BCUT2D eigenvalue weighted by Gasteiger charge is 2.12. The summed E-state index contributed by atoms with van der Waals surface area (Å²) in [5.74, 6) is -0.442. The maximum absolute atomic E-state index is 13.0. The van der Waals surface area contributed by atoms with Crippen molar-refractivity contribution >= 4 is 22.4 Å². The van der Waals surface area contributed by atoms with Gasteiger partial charge in [0, 0.05) is 24.1 Å². The molecule has 118 valence electrons. The molecule has 1 aromatic heterocycles. The molecule has 0 fully saturated rings. The van der Waals surface area contributed by atoms with Crippen LogP contribution in [-0.2, 0) is 9.53 Å². The van der Waals surface area contributed by atoms with Crippen molar-refractivity contribution in [3.63, 3.8) is 0 Å². The van der Waals surface area contributed by atoms with E-state index in [2.05, 4.69) is 15.6 Å². The fourth-order valence-electron chi connectivity index (χ4n) is 1.87. The highest BCUT2D eigenvalue weighted by atomic mass is 32.1. The zero-order valence-electron chi connectivity index (χ0n) is 12.5. The van der Waals surface area contributed by atoms with Gasteiger partial charge in [-0.1, -0.05) is 0 Å². The number of halogens is 1. The van der Waals surface area contributed by atoms with Crippen molar-refractivity contribution in [3.05, 3.63) is 35.0 Å². The van der Waals surface area contributed by atoms with Crippen molar-refractivity contribution in [2.24, 2.45) is 0 Å². The highest BCUT2D eigenvalue weighted by molar-refractivity contribution is 7.16. The Labute approximate surface area is 132 Å². The van der Waals surface area contributed by atoms with E-state index in [4.69, 9.17) is 4.74 Å². The number of amides is 1. The molecule has 0 aliphatic heterocycles. The van der Waals surface area contributed by atoms with Gasteiger partial charge in [-0.05, 0) is 31.2 Å². The van der Waals surface area contributed by atoms with E-state index in [0.717, 1.165) is 16.1 Å². The lowest BCUT2D eigenvalue weighted by atomic mass is 10.1. The van der Waals surface area contributed by atoms with Gasteiger partial charge in [0.2, 0.25) is 5.91 Å². The van der Waals surface area contributed by atoms with Crippen molar-refractivity contribution in [3.8, 4) is 11.3 Å². The number of carbonyl (C=O) groups is 1. The summed E-state index contributed by atoms with van der Waals surface area (Å²) in [5, 5.41) is 6.25. The molecule has 1 heterocycles. The minimum absolute atomic E-state index is 0.157. The Balaban J connectivity index is 1.97. The summed E-state index contributed by atoms with van der Waals surface area (Å²) in [6, 6.07) is 6.14. The lowest BCUT2D eigenvalue weighted by molar-refractivity contribution is -0.115. The first-order valence-electron chi connectivity index (χ1n) is 6.83. The van der Waals surface area contributed by atoms with Gasteiger partial charge in [0.05, 0.1) is 18.8 Å². The molecule has 2 rings (SSSR count). The second-order valence-corrected chi connectivity index (χ2v) is 5.85. The first kappa shape index (κ1) is 16.5. The molecule has 0 aliphatic carbocycles. The van der Waals surface area contributed by atoms with Gasteiger partial charge in [0.15, 0.2) is 5.13 Å². The number of anilines is 1. The summed E-state index contributed by atoms with van der Waals surface area (Å²) in [6.07, 6.45) is 0. The van der Waals surface area contributed by atoms with E-state index in [1.165, 1.54) is 23.5 Å². The quantitative estimate of drug-likeness (QED) is 0.768. The van der Waals surface area contributed by atoms with Crippen LogP contribution >= 0.6 is 11.3 Å². The Kier molecular flexibility index (Phi) is 6.00. The number of hydrogen-bond donors (Lipinski definition) is 2. The monoisotopic (exact) mass is 323 g/mol. The molecule has 0 spiro atoms. The number of carbonyl (C=O) groups excluding carboxylic acids is 1. The van der Waals surface area contributed by atoms with E-state index in [1.807, 2.05) is 6.92 Å². The largest absolute Gasteiger partial charge is 0.383 e. The summed E-state index contributed by atoms with van der Waals surface area (Å²) < 4.78 is 17.8. The molecule has 0 saturated carbocycles. The highest BCUT2D eigenvalue weighted by Crippen LogP contribution is 2.30. The van der Waals surface area contributed by atoms with Crippen molar-refractivity contribution in [1.29, 1.82) is 0 Å². The van der Waals surface area contributed by atoms with Crippen molar-refractivity contribution < 1.29 is 13.9 Å². The second kappa shape index (κ2) is 7.98. The molecule has 1 amide bonds. The van der Waals surface area contributed by atoms with Crippen LogP contribution in [0, 0.1) is 12.7 Å². The first-order valence-corrected chi connectivity index (χ1v) is 7.64. The number of nitrogens with zero attached hydrogens (tertiary/aromatic N) is 1. The summed E-state index contributed by atoms with van der Waals surface area (Å²) in [7, 11) is 1.61. The van der Waals surface area contributed by atoms with Crippen LogP contribution in [0.1, 0.15) is 4.88 Å². The van der Waals surface area contributed by atoms with E-state index in [0.29, 0.717) is 18.3 Å². The molecule has 0 saturated heterocycles. The molecule has 1 aromatic carbocycles. The standard InChI is InChI=1S/C15H18FN3O2S/c1-10-14(11-3-5-12(16)6-4-11)19-15(22-10)18-13(20)9-17-7-8-21-2/h3-6,17H,7-9H2,1-2H3,(H,18,19,20). The van der Waals surface area contributed by atoms with Crippen molar-refractivity contribution in [2.45, 2.75) is 6.92 Å². The summed E-state index contributed by atoms with van der Waals surface area (Å²) in [5.41, 5.74) is 1.58. The average molecular weight is 323 g/mol. The third kappa shape index (κ3) is 4.59. The number of benzene rings is 1. The normalized spacial score (nSPS) is 10.7. The van der Waals surface area contributed by atoms with Gasteiger partial charge in [-0.2, -0.15) is 0 Å². The Bertz CT molecular complexity index is 628. The van der Waals surface area contributed by atoms with Crippen LogP contribution in [-0.4, -0.2) is 37.7 Å². The molecule has 0 bridgehead atoms. The molecular weight excluding hydrogens is 305 g/mol. The first-order chi connectivity index (χ1) is 10.6. The van der Waals surface area contributed by atoms with Gasteiger partial charge >= 0.3 is 0 Å². The number of nitrogens with one attached hydrogen (secondary N) is 2.